The molecule has 0 bridgehead atoms. The highest BCUT2D eigenvalue weighted by molar-refractivity contribution is 7.92. The normalized spacial score (nSPS) is 20.8. The van der Waals surface area contributed by atoms with Crippen molar-refractivity contribution >= 4 is 33.2 Å². The van der Waals surface area contributed by atoms with E-state index in [-0.39, 0.29) is 23.1 Å². The number of anilines is 2. The van der Waals surface area contributed by atoms with Crippen LogP contribution in [0.25, 0.3) is 0 Å². The van der Waals surface area contributed by atoms with Crippen molar-refractivity contribution in [1.29, 1.82) is 0 Å². The summed E-state index contributed by atoms with van der Waals surface area (Å²) < 4.78 is 27.6. The highest BCUT2D eigenvalue weighted by Gasteiger charge is 2.42. The Labute approximate surface area is 170 Å². The van der Waals surface area contributed by atoms with Gasteiger partial charge < -0.3 is 0 Å². The second kappa shape index (κ2) is 7.96. The van der Waals surface area contributed by atoms with Gasteiger partial charge in [0.05, 0.1) is 23.0 Å². The van der Waals surface area contributed by atoms with Crippen LogP contribution in [0.5, 0.6) is 0 Å². The number of amides is 2. The number of nitrogens with zero attached hydrogens (tertiary/aromatic N) is 2. The lowest BCUT2D eigenvalue weighted by Crippen LogP contribution is -2.44. The Morgan fingerprint density at radius 2 is 1.52 bits per heavy atom. The number of hydrogen-bond acceptors (Lipinski definition) is 5. The third-order valence-electron chi connectivity index (χ3n) is 5.39. The van der Waals surface area contributed by atoms with Crippen molar-refractivity contribution in [3.05, 3.63) is 54.6 Å². The molecule has 2 aliphatic heterocycles. The van der Waals surface area contributed by atoms with Gasteiger partial charge in [-0.1, -0.05) is 24.6 Å². The molecular weight excluding hydrogens is 390 g/mol. The molecule has 4 rings (SSSR count). The molecule has 1 N–H and O–H groups in total. The number of likely N-dealkylation sites (tertiary alicyclic amines) is 1. The third kappa shape index (κ3) is 4.04. The van der Waals surface area contributed by atoms with E-state index < -0.39 is 16.1 Å². The number of para-hydroxylation sites is 1. The van der Waals surface area contributed by atoms with Gasteiger partial charge in [0.15, 0.2) is 0 Å². The Balaban J connectivity index is 1.51. The van der Waals surface area contributed by atoms with E-state index >= 15 is 0 Å². The van der Waals surface area contributed by atoms with Gasteiger partial charge in [0.25, 0.3) is 15.9 Å². The van der Waals surface area contributed by atoms with Gasteiger partial charge in [0.1, 0.15) is 0 Å². The van der Waals surface area contributed by atoms with Crippen LogP contribution < -0.4 is 9.62 Å². The SMILES string of the molecule is O=C1CC(N2CCCCC2)C(=O)N1c1ccc(S(=O)(=O)Nc2ccccc2)cc1. The van der Waals surface area contributed by atoms with Crippen molar-refractivity contribution < 1.29 is 18.0 Å². The van der Waals surface area contributed by atoms with Crippen molar-refractivity contribution in [1.82, 2.24) is 4.90 Å². The Morgan fingerprint density at radius 3 is 2.17 bits per heavy atom. The van der Waals surface area contributed by atoms with Crippen LogP contribution in [0.3, 0.4) is 0 Å². The number of rotatable bonds is 5. The predicted octanol–water partition coefficient (Wildman–Crippen LogP) is 2.61. The summed E-state index contributed by atoms with van der Waals surface area (Å²) in [5.74, 6) is -0.474. The first kappa shape index (κ1) is 19.6. The van der Waals surface area contributed by atoms with Crippen LogP contribution in [0.1, 0.15) is 25.7 Å². The van der Waals surface area contributed by atoms with Gasteiger partial charge in [-0.15, -0.1) is 0 Å². The molecule has 2 amide bonds. The first-order valence-corrected chi connectivity index (χ1v) is 11.2. The van der Waals surface area contributed by atoms with E-state index in [0.29, 0.717) is 11.4 Å². The van der Waals surface area contributed by atoms with Crippen LogP contribution in [0.15, 0.2) is 59.5 Å². The van der Waals surface area contributed by atoms with E-state index in [1.54, 1.807) is 30.3 Å². The lowest BCUT2D eigenvalue weighted by atomic mass is 10.1. The standard InChI is InChI=1S/C21H23N3O4S/c25-20-15-19(23-13-5-2-6-14-23)21(26)24(20)17-9-11-18(12-10-17)29(27,28)22-16-7-3-1-4-8-16/h1,3-4,7-12,19,22H,2,5-6,13-15H2. The van der Waals surface area contributed by atoms with Gasteiger partial charge in [-0.2, -0.15) is 0 Å². The third-order valence-corrected chi connectivity index (χ3v) is 6.78. The van der Waals surface area contributed by atoms with Gasteiger partial charge in [-0.3, -0.25) is 19.2 Å². The maximum Gasteiger partial charge on any atom is 0.261 e. The molecule has 29 heavy (non-hydrogen) atoms. The van der Waals surface area contributed by atoms with Crippen molar-refractivity contribution in [2.45, 2.75) is 36.6 Å². The molecule has 2 aliphatic rings. The minimum absolute atomic E-state index is 0.0665. The molecule has 0 radical (unpaired) electrons. The molecule has 8 heteroatoms. The van der Waals surface area contributed by atoms with Crippen LogP contribution in [-0.4, -0.2) is 44.3 Å². The molecule has 2 saturated heterocycles. The lowest BCUT2D eigenvalue weighted by Gasteiger charge is -2.30. The first-order chi connectivity index (χ1) is 14.0. The van der Waals surface area contributed by atoms with E-state index in [9.17, 15) is 18.0 Å². The van der Waals surface area contributed by atoms with Gasteiger partial charge in [0.2, 0.25) is 5.91 Å². The van der Waals surface area contributed by atoms with Crippen molar-refractivity contribution in [3.63, 3.8) is 0 Å². The van der Waals surface area contributed by atoms with E-state index in [2.05, 4.69) is 9.62 Å². The molecule has 2 aromatic carbocycles. The number of benzene rings is 2. The summed E-state index contributed by atoms with van der Waals surface area (Å²) in [4.78, 5) is 28.7. The van der Waals surface area contributed by atoms with Crippen molar-refractivity contribution in [2.75, 3.05) is 22.7 Å². The summed E-state index contributed by atoms with van der Waals surface area (Å²) in [6.07, 6.45) is 3.41. The van der Waals surface area contributed by atoms with Crippen LogP contribution in [-0.2, 0) is 19.6 Å². The Hall–Kier alpha value is -2.71. The molecule has 7 nitrogen and oxygen atoms in total. The smallest absolute Gasteiger partial charge is 0.261 e. The molecular formula is C21H23N3O4S. The zero-order valence-corrected chi connectivity index (χ0v) is 16.8. The Kier molecular flexibility index (Phi) is 5.38. The predicted molar refractivity (Wildman–Crippen MR) is 110 cm³/mol. The van der Waals surface area contributed by atoms with E-state index in [1.807, 2.05) is 0 Å². The van der Waals surface area contributed by atoms with Gasteiger partial charge in [-0.05, 0) is 62.3 Å². The van der Waals surface area contributed by atoms with E-state index in [1.165, 1.54) is 29.2 Å². The number of imide groups is 1. The van der Waals surface area contributed by atoms with Crippen LogP contribution in [0.4, 0.5) is 11.4 Å². The number of carbonyl (C=O) groups excluding carboxylic acids is 2. The molecule has 2 fully saturated rings. The maximum atomic E-state index is 12.9. The zero-order chi connectivity index (χ0) is 20.4. The van der Waals surface area contributed by atoms with E-state index in [0.717, 1.165) is 32.4 Å². The minimum atomic E-state index is -3.76. The number of hydrogen-bond donors (Lipinski definition) is 1. The number of carbonyl (C=O) groups is 2. The summed E-state index contributed by atoms with van der Waals surface area (Å²) in [6, 6.07) is 14.0. The van der Waals surface area contributed by atoms with Crippen LogP contribution in [0.2, 0.25) is 0 Å². The average Bonchev–Trinajstić information content (AvgIpc) is 3.03. The summed E-state index contributed by atoms with van der Waals surface area (Å²) in [5, 5.41) is 0. The number of piperidine rings is 1. The second-order valence-electron chi connectivity index (χ2n) is 7.35. The quantitative estimate of drug-likeness (QED) is 0.762. The van der Waals surface area contributed by atoms with Crippen LogP contribution >= 0.6 is 0 Å². The lowest BCUT2D eigenvalue weighted by molar-refractivity contribution is -0.123. The van der Waals surface area contributed by atoms with E-state index in [4.69, 9.17) is 0 Å². The minimum Gasteiger partial charge on any atom is -0.292 e. The summed E-state index contributed by atoms with van der Waals surface area (Å²) >= 11 is 0. The second-order valence-corrected chi connectivity index (χ2v) is 9.03. The van der Waals surface area contributed by atoms with Gasteiger partial charge in [-0.25, -0.2) is 13.3 Å². The highest BCUT2D eigenvalue weighted by atomic mass is 32.2. The Bertz CT molecular complexity index is 1000. The highest BCUT2D eigenvalue weighted by Crippen LogP contribution is 2.28. The topological polar surface area (TPSA) is 86.8 Å². The fourth-order valence-electron chi connectivity index (χ4n) is 3.90. The molecule has 152 valence electrons. The molecule has 0 saturated carbocycles. The molecule has 1 unspecified atom stereocenters. The van der Waals surface area contributed by atoms with Crippen LogP contribution in [0, 0.1) is 0 Å². The molecule has 2 heterocycles. The van der Waals surface area contributed by atoms with Crippen molar-refractivity contribution in [3.8, 4) is 0 Å². The maximum absolute atomic E-state index is 12.9. The fourth-order valence-corrected chi connectivity index (χ4v) is 4.96. The molecule has 1 atom stereocenters. The molecule has 0 aromatic heterocycles. The number of sulfonamides is 1. The zero-order valence-electron chi connectivity index (χ0n) is 16.0. The van der Waals surface area contributed by atoms with Crippen molar-refractivity contribution in [2.24, 2.45) is 0 Å². The summed E-state index contributed by atoms with van der Waals surface area (Å²) in [7, 11) is -3.76. The molecule has 0 spiro atoms. The first-order valence-electron chi connectivity index (χ1n) is 9.74. The Morgan fingerprint density at radius 1 is 0.862 bits per heavy atom. The molecule has 2 aromatic rings. The van der Waals surface area contributed by atoms with Gasteiger partial charge >= 0.3 is 0 Å². The monoisotopic (exact) mass is 413 g/mol. The summed E-state index contributed by atoms with van der Waals surface area (Å²) in [6.45, 7) is 1.67. The number of nitrogens with one attached hydrogen (secondary N) is 1. The molecule has 0 aliphatic carbocycles. The van der Waals surface area contributed by atoms with Gasteiger partial charge in [0, 0.05) is 5.69 Å². The summed E-state index contributed by atoms with van der Waals surface area (Å²) in [5.41, 5.74) is 0.865. The fraction of sp³-hybridized carbons (Fsp3) is 0.333. The average molecular weight is 413 g/mol. The largest absolute Gasteiger partial charge is 0.292 e.